The molecule has 1 nitrogen and oxygen atoms in total. The first kappa shape index (κ1) is 9.97. The SMILES string of the molecule is NC(CCCl)c1csc2ccccc12. The lowest BCUT2D eigenvalue weighted by Gasteiger charge is -2.07. The Balaban J connectivity index is 2.42. The van der Waals surface area contributed by atoms with Crippen LogP contribution in [-0.2, 0) is 0 Å². The largest absolute Gasteiger partial charge is 0.324 e. The van der Waals surface area contributed by atoms with Gasteiger partial charge in [-0.15, -0.1) is 22.9 Å². The third kappa shape index (κ3) is 1.78. The van der Waals surface area contributed by atoms with E-state index in [1.807, 2.05) is 6.07 Å². The number of hydrogen-bond acceptors (Lipinski definition) is 2. The first-order valence-corrected chi connectivity index (χ1v) is 6.02. The average Bonchev–Trinajstić information content (AvgIpc) is 2.61. The van der Waals surface area contributed by atoms with E-state index in [1.54, 1.807) is 11.3 Å². The Morgan fingerprint density at radius 1 is 1.36 bits per heavy atom. The molecule has 1 atom stereocenters. The smallest absolute Gasteiger partial charge is 0.0346 e. The Morgan fingerprint density at radius 2 is 2.14 bits per heavy atom. The highest BCUT2D eigenvalue weighted by Gasteiger charge is 2.10. The fourth-order valence-corrected chi connectivity index (χ4v) is 2.82. The number of fused-ring (bicyclic) bond motifs is 1. The van der Waals surface area contributed by atoms with Crippen LogP contribution in [0.1, 0.15) is 18.0 Å². The first-order valence-electron chi connectivity index (χ1n) is 4.60. The summed E-state index contributed by atoms with van der Waals surface area (Å²) in [5.74, 6) is 0.616. The van der Waals surface area contributed by atoms with Gasteiger partial charge in [0.2, 0.25) is 0 Å². The maximum absolute atomic E-state index is 6.04. The molecule has 0 saturated heterocycles. The molecule has 0 radical (unpaired) electrons. The van der Waals surface area contributed by atoms with Crippen LogP contribution in [0.3, 0.4) is 0 Å². The number of alkyl halides is 1. The Labute approximate surface area is 92.5 Å². The Bertz CT molecular complexity index is 424. The van der Waals surface area contributed by atoms with Gasteiger partial charge >= 0.3 is 0 Å². The predicted octanol–water partition coefficient (Wildman–Crippen LogP) is 3.53. The minimum absolute atomic E-state index is 0.0728. The second-order valence-corrected chi connectivity index (χ2v) is 4.56. The molecule has 0 amide bonds. The molecule has 0 aliphatic carbocycles. The van der Waals surface area contributed by atoms with Gasteiger partial charge in [-0.1, -0.05) is 18.2 Å². The van der Waals surface area contributed by atoms with Crippen molar-refractivity contribution in [2.75, 3.05) is 5.88 Å². The summed E-state index contributed by atoms with van der Waals surface area (Å²) in [4.78, 5) is 0. The van der Waals surface area contributed by atoms with E-state index in [-0.39, 0.29) is 6.04 Å². The van der Waals surface area contributed by atoms with Crippen molar-refractivity contribution < 1.29 is 0 Å². The number of rotatable bonds is 3. The molecular formula is C11H12ClNS. The van der Waals surface area contributed by atoms with Gasteiger partial charge in [-0.25, -0.2) is 0 Å². The fraction of sp³-hybridized carbons (Fsp3) is 0.273. The molecule has 1 unspecified atom stereocenters. The maximum atomic E-state index is 6.04. The highest BCUT2D eigenvalue weighted by atomic mass is 35.5. The summed E-state index contributed by atoms with van der Waals surface area (Å²) in [5, 5.41) is 3.41. The number of halogens is 1. The molecule has 74 valence electrons. The molecule has 1 aromatic heterocycles. The summed E-state index contributed by atoms with van der Waals surface area (Å²) in [5.41, 5.74) is 7.27. The molecule has 0 aliphatic rings. The molecule has 2 rings (SSSR count). The third-order valence-electron chi connectivity index (χ3n) is 2.33. The zero-order valence-electron chi connectivity index (χ0n) is 7.74. The minimum Gasteiger partial charge on any atom is -0.324 e. The molecule has 2 N–H and O–H groups in total. The zero-order valence-corrected chi connectivity index (χ0v) is 9.31. The van der Waals surface area contributed by atoms with Gasteiger partial charge in [-0.3, -0.25) is 0 Å². The molecule has 0 fully saturated rings. The summed E-state index contributed by atoms with van der Waals surface area (Å²) < 4.78 is 1.30. The monoisotopic (exact) mass is 225 g/mol. The highest BCUT2D eigenvalue weighted by molar-refractivity contribution is 7.17. The molecule has 0 saturated carbocycles. The quantitative estimate of drug-likeness (QED) is 0.795. The summed E-state index contributed by atoms with van der Waals surface area (Å²) >= 11 is 7.43. The highest BCUT2D eigenvalue weighted by Crippen LogP contribution is 2.30. The molecule has 1 heterocycles. The van der Waals surface area contributed by atoms with Crippen molar-refractivity contribution in [2.45, 2.75) is 12.5 Å². The van der Waals surface area contributed by atoms with E-state index in [0.717, 1.165) is 6.42 Å². The minimum atomic E-state index is 0.0728. The van der Waals surface area contributed by atoms with Gasteiger partial charge in [0.05, 0.1) is 0 Å². The van der Waals surface area contributed by atoms with E-state index in [4.69, 9.17) is 17.3 Å². The van der Waals surface area contributed by atoms with Crippen molar-refractivity contribution >= 4 is 33.0 Å². The van der Waals surface area contributed by atoms with E-state index in [1.165, 1.54) is 15.6 Å². The Kier molecular flexibility index (Phi) is 3.06. The van der Waals surface area contributed by atoms with Crippen LogP contribution < -0.4 is 5.73 Å². The number of thiophene rings is 1. The van der Waals surface area contributed by atoms with Crippen molar-refractivity contribution in [2.24, 2.45) is 5.73 Å². The molecule has 0 bridgehead atoms. The predicted molar refractivity (Wildman–Crippen MR) is 64.1 cm³/mol. The topological polar surface area (TPSA) is 26.0 Å². The molecule has 1 aromatic carbocycles. The van der Waals surface area contributed by atoms with Crippen LogP contribution in [0.15, 0.2) is 29.6 Å². The summed E-state index contributed by atoms with van der Waals surface area (Å²) in [6.45, 7) is 0. The van der Waals surface area contributed by atoms with E-state index in [9.17, 15) is 0 Å². The second kappa shape index (κ2) is 4.30. The normalized spacial score (nSPS) is 13.3. The van der Waals surface area contributed by atoms with Crippen LogP contribution >= 0.6 is 22.9 Å². The number of benzene rings is 1. The van der Waals surface area contributed by atoms with Gasteiger partial charge in [0, 0.05) is 16.6 Å². The number of nitrogens with two attached hydrogens (primary N) is 1. The third-order valence-corrected chi connectivity index (χ3v) is 3.53. The molecule has 2 aromatic rings. The number of hydrogen-bond donors (Lipinski definition) is 1. The van der Waals surface area contributed by atoms with Crippen molar-refractivity contribution in [1.29, 1.82) is 0 Å². The van der Waals surface area contributed by atoms with Crippen molar-refractivity contribution in [1.82, 2.24) is 0 Å². The van der Waals surface area contributed by atoms with Crippen LogP contribution in [0.2, 0.25) is 0 Å². The maximum Gasteiger partial charge on any atom is 0.0346 e. The van der Waals surface area contributed by atoms with Gasteiger partial charge in [-0.2, -0.15) is 0 Å². The van der Waals surface area contributed by atoms with Crippen LogP contribution in [0.5, 0.6) is 0 Å². The second-order valence-electron chi connectivity index (χ2n) is 3.27. The molecule has 0 spiro atoms. The molecular weight excluding hydrogens is 214 g/mol. The van der Waals surface area contributed by atoms with Crippen LogP contribution in [0, 0.1) is 0 Å². The lowest BCUT2D eigenvalue weighted by atomic mass is 10.0. The molecule has 3 heteroatoms. The average molecular weight is 226 g/mol. The van der Waals surface area contributed by atoms with Gasteiger partial charge in [0.15, 0.2) is 0 Å². The van der Waals surface area contributed by atoms with Crippen LogP contribution in [0.25, 0.3) is 10.1 Å². The summed E-state index contributed by atoms with van der Waals surface area (Å²) in [6.07, 6.45) is 0.836. The standard InChI is InChI=1S/C11H12ClNS/c12-6-5-10(13)9-7-14-11-4-2-1-3-8(9)11/h1-4,7,10H,5-6,13H2. The Hall–Kier alpha value is -0.570. The summed E-state index contributed by atoms with van der Waals surface area (Å²) in [6, 6.07) is 8.41. The van der Waals surface area contributed by atoms with Gasteiger partial charge < -0.3 is 5.73 Å². The lowest BCUT2D eigenvalue weighted by molar-refractivity contribution is 0.711. The summed E-state index contributed by atoms with van der Waals surface area (Å²) in [7, 11) is 0. The van der Waals surface area contributed by atoms with E-state index in [0.29, 0.717) is 5.88 Å². The zero-order chi connectivity index (χ0) is 9.97. The van der Waals surface area contributed by atoms with Gasteiger partial charge in [0.25, 0.3) is 0 Å². The van der Waals surface area contributed by atoms with E-state index < -0.39 is 0 Å². The molecule has 0 aliphatic heterocycles. The first-order chi connectivity index (χ1) is 6.83. The lowest BCUT2D eigenvalue weighted by Crippen LogP contribution is -2.09. The van der Waals surface area contributed by atoms with Gasteiger partial charge in [0.1, 0.15) is 0 Å². The van der Waals surface area contributed by atoms with Crippen molar-refractivity contribution in [3.8, 4) is 0 Å². The molecule has 14 heavy (non-hydrogen) atoms. The van der Waals surface area contributed by atoms with Crippen LogP contribution in [-0.4, -0.2) is 5.88 Å². The van der Waals surface area contributed by atoms with Crippen molar-refractivity contribution in [3.63, 3.8) is 0 Å². The van der Waals surface area contributed by atoms with Crippen molar-refractivity contribution in [3.05, 3.63) is 35.2 Å². The Morgan fingerprint density at radius 3 is 2.93 bits per heavy atom. The fourth-order valence-electron chi connectivity index (χ4n) is 1.56. The van der Waals surface area contributed by atoms with Gasteiger partial charge in [-0.05, 0) is 28.8 Å². The van der Waals surface area contributed by atoms with E-state index in [2.05, 4.69) is 23.6 Å². The van der Waals surface area contributed by atoms with E-state index >= 15 is 0 Å². The van der Waals surface area contributed by atoms with Crippen LogP contribution in [0.4, 0.5) is 0 Å².